The van der Waals surface area contributed by atoms with Gasteiger partial charge in [-0.2, -0.15) is 0 Å². The molecule has 0 bridgehead atoms. The normalized spacial score (nSPS) is 13.9. The first-order chi connectivity index (χ1) is 12.7. The molecule has 1 aliphatic rings. The number of fused-ring (bicyclic) bond motifs is 1. The number of benzene rings is 2. The highest BCUT2D eigenvalue weighted by Crippen LogP contribution is 2.36. The van der Waals surface area contributed by atoms with E-state index in [1.54, 1.807) is 6.07 Å². The van der Waals surface area contributed by atoms with E-state index in [0.29, 0.717) is 5.75 Å². The number of halogens is 1. The van der Waals surface area contributed by atoms with Crippen molar-refractivity contribution in [2.45, 2.75) is 46.0 Å². The third kappa shape index (κ3) is 5.37. The monoisotopic (exact) mass is 385 g/mol. The molecule has 146 valence electrons. The first-order valence-corrected chi connectivity index (χ1v) is 10.0. The molecular weight excluding hydrogens is 354 g/mol. The SMILES string of the molecule is CCCN(CCC)CC1=C(c2cccc(O)c2)c2ccccc2CCC1.Cl. The highest BCUT2D eigenvalue weighted by Gasteiger charge is 2.20. The summed E-state index contributed by atoms with van der Waals surface area (Å²) >= 11 is 0. The molecule has 3 heteroatoms. The lowest BCUT2D eigenvalue weighted by atomic mass is 9.90. The second-order valence-electron chi connectivity index (χ2n) is 7.32. The van der Waals surface area contributed by atoms with Gasteiger partial charge in [0.25, 0.3) is 0 Å². The molecule has 2 aromatic rings. The highest BCUT2D eigenvalue weighted by atomic mass is 35.5. The van der Waals surface area contributed by atoms with Crippen molar-refractivity contribution in [2.24, 2.45) is 0 Å². The zero-order valence-corrected chi connectivity index (χ0v) is 17.4. The highest BCUT2D eigenvalue weighted by molar-refractivity contribution is 5.85. The van der Waals surface area contributed by atoms with Crippen LogP contribution in [0.3, 0.4) is 0 Å². The Hall–Kier alpha value is -1.77. The van der Waals surface area contributed by atoms with E-state index < -0.39 is 0 Å². The van der Waals surface area contributed by atoms with Gasteiger partial charge in [0.2, 0.25) is 0 Å². The van der Waals surface area contributed by atoms with E-state index in [0.717, 1.165) is 38.0 Å². The largest absolute Gasteiger partial charge is 0.508 e. The van der Waals surface area contributed by atoms with E-state index in [2.05, 4.69) is 49.1 Å². The van der Waals surface area contributed by atoms with E-state index in [-0.39, 0.29) is 12.4 Å². The molecule has 0 heterocycles. The Morgan fingerprint density at radius 2 is 1.67 bits per heavy atom. The van der Waals surface area contributed by atoms with Crippen molar-refractivity contribution in [1.82, 2.24) is 4.90 Å². The quantitative estimate of drug-likeness (QED) is 0.624. The molecule has 0 atom stereocenters. The number of phenols is 1. The van der Waals surface area contributed by atoms with Crippen molar-refractivity contribution >= 4 is 18.0 Å². The molecule has 0 amide bonds. The van der Waals surface area contributed by atoms with Crippen LogP contribution >= 0.6 is 12.4 Å². The summed E-state index contributed by atoms with van der Waals surface area (Å²) in [4.78, 5) is 2.59. The Bertz CT molecular complexity index is 762. The molecule has 0 saturated carbocycles. The Labute approximate surface area is 170 Å². The molecule has 0 unspecified atom stereocenters. The van der Waals surface area contributed by atoms with Crippen molar-refractivity contribution in [2.75, 3.05) is 19.6 Å². The van der Waals surface area contributed by atoms with Gasteiger partial charge in [0.15, 0.2) is 0 Å². The van der Waals surface area contributed by atoms with Gasteiger partial charge in [0, 0.05) is 6.54 Å². The third-order valence-corrected chi connectivity index (χ3v) is 5.19. The van der Waals surface area contributed by atoms with Crippen molar-refractivity contribution in [3.8, 4) is 5.75 Å². The zero-order chi connectivity index (χ0) is 18.4. The van der Waals surface area contributed by atoms with Crippen LogP contribution in [0.2, 0.25) is 0 Å². The van der Waals surface area contributed by atoms with E-state index in [9.17, 15) is 5.11 Å². The smallest absolute Gasteiger partial charge is 0.116 e. The van der Waals surface area contributed by atoms with Gasteiger partial charge < -0.3 is 5.11 Å². The fraction of sp³-hybridized carbons (Fsp3) is 0.417. The predicted molar refractivity (Wildman–Crippen MR) is 118 cm³/mol. The summed E-state index contributed by atoms with van der Waals surface area (Å²) in [6.45, 7) is 7.84. The lowest BCUT2D eigenvalue weighted by molar-refractivity contribution is 0.295. The number of hydrogen-bond donors (Lipinski definition) is 1. The maximum absolute atomic E-state index is 10.1. The molecule has 1 aliphatic carbocycles. The molecule has 0 saturated heterocycles. The lowest BCUT2D eigenvalue weighted by Gasteiger charge is -2.25. The average Bonchev–Trinajstić information content (AvgIpc) is 2.81. The van der Waals surface area contributed by atoms with E-state index in [1.807, 2.05) is 12.1 Å². The van der Waals surface area contributed by atoms with Gasteiger partial charge in [0.05, 0.1) is 0 Å². The minimum atomic E-state index is 0. The molecule has 0 aliphatic heterocycles. The fourth-order valence-electron chi connectivity index (χ4n) is 4.14. The van der Waals surface area contributed by atoms with Crippen LogP contribution in [0.5, 0.6) is 5.75 Å². The Balaban J connectivity index is 0.00000261. The van der Waals surface area contributed by atoms with E-state index >= 15 is 0 Å². The predicted octanol–water partition coefficient (Wildman–Crippen LogP) is 6.07. The van der Waals surface area contributed by atoms with Crippen LogP contribution in [-0.2, 0) is 6.42 Å². The molecule has 0 radical (unpaired) electrons. The van der Waals surface area contributed by atoms with Gasteiger partial charge >= 0.3 is 0 Å². The number of phenolic OH excluding ortho intramolecular Hbond substituents is 1. The van der Waals surface area contributed by atoms with Gasteiger partial charge in [-0.25, -0.2) is 0 Å². The maximum atomic E-state index is 10.1. The van der Waals surface area contributed by atoms with Crippen LogP contribution in [0.4, 0.5) is 0 Å². The van der Waals surface area contributed by atoms with Gasteiger partial charge in [-0.3, -0.25) is 4.90 Å². The zero-order valence-electron chi connectivity index (χ0n) is 16.6. The van der Waals surface area contributed by atoms with Gasteiger partial charge in [-0.1, -0.05) is 50.2 Å². The number of nitrogens with zero attached hydrogens (tertiary/aromatic N) is 1. The fourth-order valence-corrected chi connectivity index (χ4v) is 4.14. The van der Waals surface area contributed by atoms with Crippen LogP contribution in [0.1, 0.15) is 56.2 Å². The first-order valence-electron chi connectivity index (χ1n) is 10.0. The van der Waals surface area contributed by atoms with Crippen LogP contribution in [0.25, 0.3) is 5.57 Å². The Kier molecular flexibility index (Phi) is 8.40. The molecular formula is C24H32ClNO. The second kappa shape index (κ2) is 10.5. The maximum Gasteiger partial charge on any atom is 0.116 e. The second-order valence-corrected chi connectivity index (χ2v) is 7.32. The standard InChI is InChI=1S/C24H31NO.ClH/c1-3-15-25(16-4-2)18-21-12-7-10-19-9-5-6-14-23(19)24(21)20-11-8-13-22(26)17-20;/h5-6,8-9,11,13-14,17,26H,3-4,7,10,12,15-16,18H2,1-2H3;1H. The molecule has 1 N–H and O–H groups in total. The topological polar surface area (TPSA) is 23.5 Å². The number of hydrogen-bond acceptors (Lipinski definition) is 2. The van der Waals surface area contributed by atoms with Crippen LogP contribution in [0.15, 0.2) is 54.1 Å². The van der Waals surface area contributed by atoms with Crippen molar-refractivity contribution in [3.63, 3.8) is 0 Å². The van der Waals surface area contributed by atoms with Crippen LogP contribution < -0.4 is 0 Å². The van der Waals surface area contributed by atoms with Crippen molar-refractivity contribution in [1.29, 1.82) is 0 Å². The van der Waals surface area contributed by atoms with Gasteiger partial charge in [-0.05, 0) is 85.2 Å². The molecule has 27 heavy (non-hydrogen) atoms. The number of aromatic hydroxyl groups is 1. The summed E-state index contributed by atoms with van der Waals surface area (Å²) in [6.07, 6.45) is 5.82. The molecule has 3 rings (SSSR count). The van der Waals surface area contributed by atoms with Crippen molar-refractivity contribution < 1.29 is 5.11 Å². The molecule has 0 aromatic heterocycles. The average molecular weight is 386 g/mol. The molecule has 2 nitrogen and oxygen atoms in total. The molecule has 2 aromatic carbocycles. The summed E-state index contributed by atoms with van der Waals surface area (Å²) in [5.41, 5.74) is 6.77. The first kappa shape index (κ1) is 21.5. The minimum Gasteiger partial charge on any atom is -0.508 e. The summed E-state index contributed by atoms with van der Waals surface area (Å²) in [5.74, 6) is 0.343. The lowest BCUT2D eigenvalue weighted by Crippen LogP contribution is -2.28. The number of aryl methyl sites for hydroxylation is 1. The van der Waals surface area contributed by atoms with Gasteiger partial charge in [-0.15, -0.1) is 12.4 Å². The minimum absolute atomic E-state index is 0. The van der Waals surface area contributed by atoms with Gasteiger partial charge in [0.1, 0.15) is 5.75 Å². The summed E-state index contributed by atoms with van der Waals surface area (Å²) in [5, 5.41) is 10.1. The summed E-state index contributed by atoms with van der Waals surface area (Å²) in [6, 6.07) is 16.6. The summed E-state index contributed by atoms with van der Waals surface area (Å²) in [7, 11) is 0. The Morgan fingerprint density at radius 1 is 0.926 bits per heavy atom. The third-order valence-electron chi connectivity index (χ3n) is 5.19. The van der Waals surface area contributed by atoms with Crippen LogP contribution in [0, 0.1) is 0 Å². The molecule has 0 spiro atoms. The van der Waals surface area contributed by atoms with Crippen LogP contribution in [-0.4, -0.2) is 29.6 Å². The van der Waals surface area contributed by atoms with E-state index in [1.165, 1.54) is 41.5 Å². The summed E-state index contributed by atoms with van der Waals surface area (Å²) < 4.78 is 0. The van der Waals surface area contributed by atoms with Crippen molar-refractivity contribution in [3.05, 3.63) is 70.8 Å². The number of rotatable bonds is 7. The van der Waals surface area contributed by atoms with E-state index in [4.69, 9.17) is 0 Å². The Morgan fingerprint density at radius 3 is 2.37 bits per heavy atom. The molecule has 0 fully saturated rings.